The second kappa shape index (κ2) is 7.88. The highest BCUT2D eigenvalue weighted by molar-refractivity contribution is 5.81. The molecule has 3 heteroatoms. The first-order valence-corrected chi connectivity index (χ1v) is 6.71. The van der Waals surface area contributed by atoms with Crippen LogP contribution in [0, 0.1) is 0 Å². The van der Waals surface area contributed by atoms with E-state index in [1.54, 1.807) is 0 Å². The molecule has 0 bridgehead atoms. The molecule has 18 heavy (non-hydrogen) atoms. The van der Waals surface area contributed by atoms with Gasteiger partial charge in [-0.05, 0) is 38.8 Å². The van der Waals surface area contributed by atoms with Crippen molar-refractivity contribution >= 4 is 5.91 Å². The van der Waals surface area contributed by atoms with E-state index in [0.717, 1.165) is 19.4 Å². The van der Waals surface area contributed by atoms with Crippen molar-refractivity contribution in [1.29, 1.82) is 0 Å². The Bertz CT molecular complexity index is 351. The highest BCUT2D eigenvalue weighted by Crippen LogP contribution is 1.98. The summed E-state index contributed by atoms with van der Waals surface area (Å²) >= 11 is 0. The van der Waals surface area contributed by atoms with Crippen molar-refractivity contribution in [1.82, 2.24) is 10.6 Å². The first-order valence-electron chi connectivity index (χ1n) is 6.71. The first kappa shape index (κ1) is 14.7. The minimum absolute atomic E-state index is 0.0809. The molecular weight excluding hydrogens is 224 g/mol. The van der Waals surface area contributed by atoms with Gasteiger partial charge in [-0.2, -0.15) is 0 Å². The van der Waals surface area contributed by atoms with Gasteiger partial charge in [0.2, 0.25) is 5.91 Å². The average Bonchev–Trinajstić information content (AvgIpc) is 2.39. The molecule has 2 N–H and O–H groups in total. The van der Waals surface area contributed by atoms with Crippen molar-refractivity contribution in [3.63, 3.8) is 0 Å². The van der Waals surface area contributed by atoms with Crippen LogP contribution in [0.2, 0.25) is 0 Å². The summed E-state index contributed by atoms with van der Waals surface area (Å²) in [5.41, 5.74) is 1.29. The summed E-state index contributed by atoms with van der Waals surface area (Å²) in [4.78, 5) is 11.8. The second-order valence-corrected chi connectivity index (χ2v) is 4.73. The van der Waals surface area contributed by atoms with Gasteiger partial charge in [-0.15, -0.1) is 0 Å². The van der Waals surface area contributed by atoms with E-state index < -0.39 is 0 Å². The van der Waals surface area contributed by atoms with Gasteiger partial charge in [-0.1, -0.05) is 37.3 Å². The molecule has 0 heterocycles. The van der Waals surface area contributed by atoms with Crippen molar-refractivity contribution in [2.45, 2.75) is 45.7 Å². The van der Waals surface area contributed by atoms with E-state index in [2.05, 4.69) is 29.7 Å². The summed E-state index contributed by atoms with van der Waals surface area (Å²) in [5.74, 6) is 0.0809. The van der Waals surface area contributed by atoms with Gasteiger partial charge in [-0.25, -0.2) is 0 Å². The van der Waals surface area contributed by atoms with Crippen LogP contribution >= 0.6 is 0 Å². The number of hydrogen-bond donors (Lipinski definition) is 2. The second-order valence-electron chi connectivity index (χ2n) is 4.73. The van der Waals surface area contributed by atoms with E-state index in [9.17, 15) is 4.79 Å². The van der Waals surface area contributed by atoms with Gasteiger partial charge in [0.25, 0.3) is 0 Å². The van der Waals surface area contributed by atoms with E-state index >= 15 is 0 Å². The quantitative estimate of drug-likeness (QED) is 0.776. The van der Waals surface area contributed by atoms with Gasteiger partial charge < -0.3 is 10.6 Å². The Morgan fingerprint density at radius 1 is 1.22 bits per heavy atom. The summed E-state index contributed by atoms with van der Waals surface area (Å²) in [7, 11) is 0. The molecule has 100 valence electrons. The highest BCUT2D eigenvalue weighted by atomic mass is 16.2. The molecule has 2 atom stereocenters. The van der Waals surface area contributed by atoms with Crippen LogP contribution in [0.3, 0.4) is 0 Å². The van der Waals surface area contributed by atoms with Crippen molar-refractivity contribution in [3.8, 4) is 0 Å². The van der Waals surface area contributed by atoms with Gasteiger partial charge in [0, 0.05) is 6.04 Å². The summed E-state index contributed by atoms with van der Waals surface area (Å²) in [6.45, 7) is 6.81. The molecule has 0 saturated heterocycles. The van der Waals surface area contributed by atoms with Gasteiger partial charge >= 0.3 is 0 Å². The molecule has 0 radical (unpaired) electrons. The third kappa shape index (κ3) is 5.32. The van der Waals surface area contributed by atoms with Gasteiger partial charge in [-0.3, -0.25) is 4.79 Å². The Hall–Kier alpha value is -1.35. The lowest BCUT2D eigenvalue weighted by Crippen LogP contribution is -2.45. The van der Waals surface area contributed by atoms with Crippen LogP contribution in [0.1, 0.15) is 32.8 Å². The van der Waals surface area contributed by atoms with E-state index in [0.29, 0.717) is 0 Å². The largest absolute Gasteiger partial charge is 0.352 e. The zero-order valence-electron chi connectivity index (χ0n) is 11.6. The SMILES string of the molecule is CCC(C)NC(=O)C(C)NCCc1ccccc1. The zero-order valence-corrected chi connectivity index (χ0v) is 11.6. The molecule has 0 fully saturated rings. The standard InChI is InChI=1S/C15H24N2O/c1-4-12(2)17-15(18)13(3)16-11-10-14-8-6-5-7-9-14/h5-9,12-13,16H,4,10-11H2,1-3H3,(H,17,18). The van der Waals surface area contributed by atoms with Crippen LogP contribution in [0.5, 0.6) is 0 Å². The predicted molar refractivity (Wildman–Crippen MR) is 75.5 cm³/mol. The van der Waals surface area contributed by atoms with Gasteiger partial charge in [0.15, 0.2) is 0 Å². The lowest BCUT2D eigenvalue weighted by Gasteiger charge is -2.17. The Balaban J connectivity index is 2.24. The van der Waals surface area contributed by atoms with Crippen molar-refractivity contribution in [2.24, 2.45) is 0 Å². The fraction of sp³-hybridized carbons (Fsp3) is 0.533. The molecule has 1 amide bonds. The summed E-state index contributed by atoms with van der Waals surface area (Å²) in [5, 5.41) is 6.22. The summed E-state index contributed by atoms with van der Waals surface area (Å²) in [6, 6.07) is 10.4. The molecule has 1 aromatic rings. The molecule has 0 saturated carbocycles. The molecular formula is C15H24N2O. The Labute approximate surface area is 110 Å². The van der Waals surface area contributed by atoms with Crippen LogP contribution in [0.25, 0.3) is 0 Å². The third-order valence-corrected chi connectivity index (χ3v) is 3.10. The lowest BCUT2D eigenvalue weighted by atomic mass is 10.1. The molecule has 3 nitrogen and oxygen atoms in total. The number of benzene rings is 1. The Morgan fingerprint density at radius 3 is 2.50 bits per heavy atom. The molecule has 0 aliphatic heterocycles. The third-order valence-electron chi connectivity index (χ3n) is 3.10. The van der Waals surface area contributed by atoms with E-state index in [4.69, 9.17) is 0 Å². The smallest absolute Gasteiger partial charge is 0.237 e. The fourth-order valence-electron chi connectivity index (χ4n) is 1.64. The zero-order chi connectivity index (χ0) is 13.4. The summed E-state index contributed by atoms with van der Waals surface area (Å²) < 4.78 is 0. The molecule has 0 aliphatic rings. The molecule has 1 aromatic carbocycles. The topological polar surface area (TPSA) is 41.1 Å². The van der Waals surface area contributed by atoms with E-state index in [1.165, 1.54) is 5.56 Å². The van der Waals surface area contributed by atoms with Crippen molar-refractivity contribution < 1.29 is 4.79 Å². The number of hydrogen-bond acceptors (Lipinski definition) is 2. The average molecular weight is 248 g/mol. The lowest BCUT2D eigenvalue weighted by molar-refractivity contribution is -0.123. The normalized spacial score (nSPS) is 13.9. The number of rotatable bonds is 7. The van der Waals surface area contributed by atoms with Gasteiger partial charge in [0.05, 0.1) is 6.04 Å². The number of carbonyl (C=O) groups excluding carboxylic acids is 1. The van der Waals surface area contributed by atoms with Crippen LogP contribution in [-0.4, -0.2) is 24.5 Å². The molecule has 1 rings (SSSR count). The van der Waals surface area contributed by atoms with Crippen LogP contribution in [0.15, 0.2) is 30.3 Å². The van der Waals surface area contributed by atoms with E-state index in [1.807, 2.05) is 32.0 Å². The highest BCUT2D eigenvalue weighted by Gasteiger charge is 2.13. The van der Waals surface area contributed by atoms with Gasteiger partial charge in [0.1, 0.15) is 0 Å². The summed E-state index contributed by atoms with van der Waals surface area (Å²) in [6.07, 6.45) is 1.91. The van der Waals surface area contributed by atoms with Crippen LogP contribution in [-0.2, 0) is 11.2 Å². The Kier molecular flexibility index (Phi) is 6.44. The number of nitrogens with one attached hydrogen (secondary N) is 2. The predicted octanol–water partition coefficient (Wildman–Crippen LogP) is 2.12. The maximum atomic E-state index is 11.8. The molecule has 0 spiro atoms. The fourth-order valence-corrected chi connectivity index (χ4v) is 1.64. The molecule has 0 aliphatic carbocycles. The number of amides is 1. The van der Waals surface area contributed by atoms with Crippen LogP contribution < -0.4 is 10.6 Å². The minimum atomic E-state index is -0.136. The molecule has 2 unspecified atom stereocenters. The maximum absolute atomic E-state index is 11.8. The minimum Gasteiger partial charge on any atom is -0.352 e. The maximum Gasteiger partial charge on any atom is 0.237 e. The Morgan fingerprint density at radius 2 is 1.89 bits per heavy atom. The van der Waals surface area contributed by atoms with Crippen LogP contribution in [0.4, 0.5) is 0 Å². The van der Waals surface area contributed by atoms with E-state index in [-0.39, 0.29) is 18.0 Å². The monoisotopic (exact) mass is 248 g/mol. The van der Waals surface area contributed by atoms with Crippen molar-refractivity contribution in [3.05, 3.63) is 35.9 Å². The van der Waals surface area contributed by atoms with Crippen molar-refractivity contribution in [2.75, 3.05) is 6.54 Å². The first-order chi connectivity index (χ1) is 8.63. The molecule has 0 aromatic heterocycles. The number of carbonyl (C=O) groups is 1.